The molecule has 212 valence electrons. The van der Waals surface area contributed by atoms with E-state index in [1.807, 2.05) is 6.07 Å². The molecule has 0 radical (unpaired) electrons. The Balaban J connectivity index is 1.18. The van der Waals surface area contributed by atoms with Crippen LogP contribution < -0.4 is 16.0 Å². The van der Waals surface area contributed by atoms with Crippen molar-refractivity contribution in [3.05, 3.63) is 66.5 Å². The number of halogens is 1. The minimum absolute atomic E-state index is 0.0111. The topological polar surface area (TPSA) is 163 Å². The summed E-state index contributed by atoms with van der Waals surface area (Å²) in [6.07, 6.45) is 12.5. The predicted molar refractivity (Wildman–Crippen MR) is 147 cm³/mol. The summed E-state index contributed by atoms with van der Waals surface area (Å²) in [5.74, 6) is -0.641. The predicted octanol–water partition coefficient (Wildman–Crippen LogP) is 3.78. The number of hydrogen-bond acceptors (Lipinski definition) is 9. The molecule has 41 heavy (non-hydrogen) atoms. The number of carbonyl (C=O) groups excluding carboxylic acids is 1. The van der Waals surface area contributed by atoms with Gasteiger partial charge in [0.1, 0.15) is 5.82 Å². The van der Waals surface area contributed by atoms with Gasteiger partial charge in [0.05, 0.1) is 42.2 Å². The summed E-state index contributed by atoms with van der Waals surface area (Å²) in [7, 11) is 0. The van der Waals surface area contributed by atoms with E-state index in [2.05, 4.69) is 41.0 Å². The number of amides is 2. The second kappa shape index (κ2) is 11.3. The Morgan fingerprint density at radius 2 is 1.71 bits per heavy atom. The third-order valence-electron chi connectivity index (χ3n) is 7.34. The van der Waals surface area contributed by atoms with Crippen molar-refractivity contribution in [1.29, 1.82) is 0 Å². The maximum Gasteiger partial charge on any atom is 0.407 e. The van der Waals surface area contributed by atoms with Crippen LogP contribution in [0.3, 0.4) is 0 Å². The zero-order chi connectivity index (χ0) is 28.3. The molecule has 2 aliphatic carbocycles. The zero-order valence-corrected chi connectivity index (χ0v) is 22.1. The van der Waals surface area contributed by atoms with Crippen LogP contribution in [0.4, 0.5) is 26.4 Å². The van der Waals surface area contributed by atoms with Gasteiger partial charge in [0.2, 0.25) is 0 Å². The monoisotopic (exact) mass is 560 g/mol. The van der Waals surface area contributed by atoms with Crippen molar-refractivity contribution in [3.8, 4) is 0 Å². The van der Waals surface area contributed by atoms with E-state index in [-0.39, 0.29) is 30.0 Å². The van der Waals surface area contributed by atoms with Crippen molar-refractivity contribution < 1.29 is 19.1 Å². The van der Waals surface area contributed by atoms with E-state index in [1.54, 1.807) is 18.6 Å². The highest BCUT2D eigenvalue weighted by Crippen LogP contribution is 2.31. The van der Waals surface area contributed by atoms with Gasteiger partial charge < -0.3 is 21.1 Å². The number of carboxylic acid groups (broad SMARTS) is 1. The molecule has 0 bridgehead atoms. The van der Waals surface area contributed by atoms with Crippen molar-refractivity contribution in [1.82, 2.24) is 34.4 Å². The molecule has 0 unspecified atom stereocenters. The number of aromatic nitrogens is 6. The molecule has 4 aromatic heterocycles. The van der Waals surface area contributed by atoms with E-state index in [0.717, 1.165) is 37.6 Å². The Morgan fingerprint density at radius 3 is 2.41 bits per heavy atom. The zero-order valence-electron chi connectivity index (χ0n) is 22.1. The van der Waals surface area contributed by atoms with Crippen LogP contribution in [0.15, 0.2) is 49.3 Å². The summed E-state index contributed by atoms with van der Waals surface area (Å²) in [6, 6.07) is 3.53. The number of hydrogen-bond donors (Lipinski definition) is 4. The summed E-state index contributed by atoms with van der Waals surface area (Å²) in [5.41, 5.74) is 2.01. The molecule has 4 N–H and O–H groups in total. The fourth-order valence-electron chi connectivity index (χ4n) is 5.09. The molecule has 14 heteroatoms. The number of pyridine rings is 1. The van der Waals surface area contributed by atoms with Crippen LogP contribution in [0.5, 0.6) is 0 Å². The molecule has 0 spiro atoms. The van der Waals surface area contributed by atoms with Gasteiger partial charge in [0.25, 0.3) is 5.91 Å². The molecule has 2 saturated carbocycles. The summed E-state index contributed by atoms with van der Waals surface area (Å²) in [6.45, 7) is 0.190. The molecular weight excluding hydrogens is 531 g/mol. The first-order chi connectivity index (χ1) is 19.9. The normalized spacial score (nSPS) is 18.6. The van der Waals surface area contributed by atoms with Crippen LogP contribution in [0.2, 0.25) is 0 Å². The third-order valence-corrected chi connectivity index (χ3v) is 7.34. The molecule has 0 atom stereocenters. The van der Waals surface area contributed by atoms with Crippen LogP contribution in [-0.2, 0) is 6.54 Å². The van der Waals surface area contributed by atoms with Crippen molar-refractivity contribution in [3.63, 3.8) is 0 Å². The van der Waals surface area contributed by atoms with Gasteiger partial charge in [-0.15, -0.1) is 5.10 Å². The Bertz CT molecular complexity index is 1550. The smallest absolute Gasteiger partial charge is 0.407 e. The van der Waals surface area contributed by atoms with Gasteiger partial charge in [0, 0.05) is 42.8 Å². The average Bonchev–Trinajstić information content (AvgIpc) is 3.69. The molecule has 0 aromatic carbocycles. The maximum atomic E-state index is 14.1. The fraction of sp³-hybridized carbons (Fsp3) is 0.370. The quantitative estimate of drug-likeness (QED) is 0.237. The second-order valence-electron chi connectivity index (χ2n) is 10.3. The first-order valence-corrected chi connectivity index (χ1v) is 13.5. The fourth-order valence-corrected chi connectivity index (χ4v) is 5.09. The maximum absolute atomic E-state index is 14.1. The summed E-state index contributed by atoms with van der Waals surface area (Å²) in [5, 5.41) is 24.0. The van der Waals surface area contributed by atoms with Gasteiger partial charge in [-0.25, -0.2) is 18.7 Å². The van der Waals surface area contributed by atoms with E-state index in [1.165, 1.54) is 27.9 Å². The molecule has 4 aromatic rings. The van der Waals surface area contributed by atoms with Gasteiger partial charge in [-0.3, -0.25) is 24.6 Å². The summed E-state index contributed by atoms with van der Waals surface area (Å²) >= 11 is 0. The van der Waals surface area contributed by atoms with Crippen LogP contribution >= 0.6 is 0 Å². The molecular formula is C27H29FN10O3. The van der Waals surface area contributed by atoms with Crippen LogP contribution in [0.1, 0.15) is 54.7 Å². The second-order valence-corrected chi connectivity index (χ2v) is 10.3. The molecule has 2 fully saturated rings. The number of anilines is 3. The Hall–Kier alpha value is -4.88. The lowest BCUT2D eigenvalue weighted by Crippen LogP contribution is -2.43. The number of fused-ring (bicyclic) bond motifs is 1. The van der Waals surface area contributed by atoms with E-state index in [0.29, 0.717) is 36.0 Å². The van der Waals surface area contributed by atoms with E-state index < -0.39 is 17.8 Å². The molecule has 13 nitrogen and oxygen atoms in total. The average molecular weight is 561 g/mol. The van der Waals surface area contributed by atoms with Gasteiger partial charge in [-0.2, -0.15) is 0 Å². The Kier molecular flexibility index (Phi) is 7.27. The first-order valence-electron chi connectivity index (χ1n) is 13.5. The number of imidazole rings is 1. The first kappa shape index (κ1) is 26.3. The standard InChI is InChI=1S/C27H29FN10O3/c28-20-13-29-8-7-21(20)35-26(39)23-14-32-25-22(33-16-1-2-16)11-24(36-38(23)25)34-17-3-5-19(6-4-17)37(27(40)41)15-18-12-30-9-10-31-18/h7-14,16-17,19,33H,1-6,15H2,(H,34,36)(H,40,41)(H,29,35,39). The van der Waals surface area contributed by atoms with Crippen molar-refractivity contribution in [2.45, 2.75) is 63.2 Å². The third kappa shape index (κ3) is 6.00. The number of carbonyl (C=O) groups is 2. The summed E-state index contributed by atoms with van der Waals surface area (Å²) in [4.78, 5) is 42.9. The van der Waals surface area contributed by atoms with E-state index in [4.69, 9.17) is 0 Å². The van der Waals surface area contributed by atoms with Crippen molar-refractivity contribution in [2.75, 3.05) is 16.0 Å². The van der Waals surface area contributed by atoms with Crippen molar-refractivity contribution in [2.24, 2.45) is 0 Å². The van der Waals surface area contributed by atoms with Gasteiger partial charge in [-0.1, -0.05) is 0 Å². The molecule has 0 saturated heterocycles. The molecule has 6 rings (SSSR count). The van der Waals surface area contributed by atoms with E-state index >= 15 is 0 Å². The Morgan fingerprint density at radius 1 is 0.951 bits per heavy atom. The summed E-state index contributed by atoms with van der Waals surface area (Å²) < 4.78 is 15.6. The lowest BCUT2D eigenvalue weighted by atomic mass is 9.90. The van der Waals surface area contributed by atoms with Crippen molar-refractivity contribution >= 4 is 34.8 Å². The number of rotatable bonds is 9. The van der Waals surface area contributed by atoms with E-state index in [9.17, 15) is 19.1 Å². The molecule has 0 aliphatic heterocycles. The lowest BCUT2D eigenvalue weighted by molar-refractivity contribution is 0.101. The molecule has 4 heterocycles. The van der Waals surface area contributed by atoms with Crippen LogP contribution in [0, 0.1) is 5.82 Å². The van der Waals surface area contributed by atoms with Crippen LogP contribution in [0.25, 0.3) is 5.65 Å². The largest absolute Gasteiger partial charge is 0.465 e. The molecule has 2 aliphatic rings. The molecule has 2 amide bonds. The Labute approximate surface area is 234 Å². The SMILES string of the molecule is O=C(Nc1ccncc1F)c1cnc2c(NC3CC3)cc(NC3CCC(N(Cc4cnccn4)C(=O)O)CC3)nn12. The highest BCUT2D eigenvalue weighted by Gasteiger charge is 2.30. The highest BCUT2D eigenvalue weighted by molar-refractivity contribution is 6.03. The van der Waals surface area contributed by atoms with Gasteiger partial charge in [-0.05, 0) is 44.6 Å². The van der Waals surface area contributed by atoms with Crippen LogP contribution in [-0.4, -0.2) is 69.7 Å². The number of nitrogens with zero attached hydrogens (tertiary/aromatic N) is 7. The lowest BCUT2D eigenvalue weighted by Gasteiger charge is -2.35. The minimum Gasteiger partial charge on any atom is -0.465 e. The minimum atomic E-state index is -0.979. The van der Waals surface area contributed by atoms with Gasteiger partial charge in [0.15, 0.2) is 17.2 Å². The van der Waals surface area contributed by atoms with Gasteiger partial charge >= 0.3 is 6.09 Å². The number of nitrogens with one attached hydrogen (secondary N) is 3. The highest BCUT2D eigenvalue weighted by atomic mass is 19.1.